The van der Waals surface area contributed by atoms with Crippen LogP contribution in [0.2, 0.25) is 0 Å². The van der Waals surface area contributed by atoms with Crippen LogP contribution >= 0.6 is 0 Å². The van der Waals surface area contributed by atoms with Gasteiger partial charge in [0.1, 0.15) is 0 Å². The van der Waals surface area contributed by atoms with Gasteiger partial charge in [-0.2, -0.15) is 0 Å². The number of hydrogen-bond acceptors (Lipinski definition) is 1. The standard InChI is InChI=1S/C71H47N/c1-5-21-49(22-6-1)69-63-35-18-16-32-59(63)60-43-39-51(45-65(60)70(69)50-23-7-2-8-24-50)48-37-40-55(41-38-48)72(68-46-52-25-13-14-30-57(52)58-31-15-17-34-62(58)68)56-42-44-67-64(47-56)61-33-19-20-36-66(61)71(67,53-26-9-3-10-27-53)54-28-11-4-12-29-54/h1-47H. The highest BCUT2D eigenvalue weighted by Gasteiger charge is 2.46. The van der Waals surface area contributed by atoms with Gasteiger partial charge in [-0.25, -0.2) is 0 Å². The molecule has 13 aromatic rings. The summed E-state index contributed by atoms with van der Waals surface area (Å²) in [5, 5.41) is 9.90. The van der Waals surface area contributed by atoms with Crippen molar-refractivity contribution >= 4 is 60.2 Å². The summed E-state index contributed by atoms with van der Waals surface area (Å²) in [7, 11) is 0. The van der Waals surface area contributed by atoms with Gasteiger partial charge in [-0.3, -0.25) is 0 Å². The molecule has 0 radical (unpaired) electrons. The molecule has 0 N–H and O–H groups in total. The average molecular weight is 914 g/mol. The third-order valence-electron chi connectivity index (χ3n) is 15.3. The van der Waals surface area contributed by atoms with E-state index in [0.29, 0.717) is 0 Å². The second-order valence-corrected chi connectivity index (χ2v) is 19.1. The Morgan fingerprint density at radius 3 is 1.39 bits per heavy atom. The molecule has 0 saturated heterocycles. The number of fused-ring (bicyclic) bond motifs is 9. The number of rotatable bonds is 8. The first kappa shape index (κ1) is 41.7. The summed E-state index contributed by atoms with van der Waals surface area (Å²) < 4.78 is 0. The maximum Gasteiger partial charge on any atom is 0.0713 e. The van der Waals surface area contributed by atoms with Crippen molar-refractivity contribution in [2.75, 3.05) is 4.90 Å². The molecular weight excluding hydrogens is 867 g/mol. The molecule has 0 spiro atoms. The van der Waals surface area contributed by atoms with Crippen molar-refractivity contribution in [3.63, 3.8) is 0 Å². The SMILES string of the molecule is c1ccc(-c2c(-c3ccccc3)c3cc(-c4ccc(N(c5ccc6c(c5)-c5ccccc5C6(c5ccccc5)c5ccccc5)c5cc6ccccc6c6ccccc56)cc4)ccc3c3ccccc23)cc1. The van der Waals surface area contributed by atoms with Gasteiger partial charge in [0.25, 0.3) is 0 Å². The summed E-state index contributed by atoms with van der Waals surface area (Å²) in [6.07, 6.45) is 0. The van der Waals surface area contributed by atoms with Crippen LogP contribution in [0.3, 0.4) is 0 Å². The fourth-order valence-corrected chi connectivity index (χ4v) is 12.2. The molecule has 0 bridgehead atoms. The van der Waals surface area contributed by atoms with Gasteiger partial charge in [0.2, 0.25) is 0 Å². The van der Waals surface area contributed by atoms with Crippen LogP contribution in [0.1, 0.15) is 22.3 Å². The molecular formula is C71H47N. The highest BCUT2D eigenvalue weighted by atomic mass is 15.1. The van der Waals surface area contributed by atoms with Crippen LogP contribution in [0.5, 0.6) is 0 Å². The molecule has 0 unspecified atom stereocenters. The molecule has 1 heteroatoms. The van der Waals surface area contributed by atoms with Gasteiger partial charge < -0.3 is 4.90 Å². The summed E-state index contributed by atoms with van der Waals surface area (Å²) in [5.74, 6) is 0. The largest absolute Gasteiger partial charge is 0.310 e. The average Bonchev–Trinajstić information content (AvgIpc) is 3.76. The zero-order valence-electron chi connectivity index (χ0n) is 39.6. The minimum atomic E-state index is -0.483. The predicted octanol–water partition coefficient (Wildman–Crippen LogP) is 19.1. The van der Waals surface area contributed by atoms with Crippen molar-refractivity contribution < 1.29 is 0 Å². The maximum atomic E-state index is 2.48. The monoisotopic (exact) mass is 913 g/mol. The van der Waals surface area contributed by atoms with E-state index in [0.717, 1.165) is 22.6 Å². The van der Waals surface area contributed by atoms with E-state index in [1.165, 1.54) is 104 Å². The Balaban J connectivity index is 0.976. The molecule has 13 aromatic carbocycles. The second kappa shape index (κ2) is 17.0. The highest BCUT2D eigenvalue weighted by Crippen LogP contribution is 2.57. The Bertz CT molecular complexity index is 4140. The van der Waals surface area contributed by atoms with Gasteiger partial charge >= 0.3 is 0 Å². The molecule has 1 aliphatic rings. The fourth-order valence-electron chi connectivity index (χ4n) is 12.2. The van der Waals surface area contributed by atoms with Crippen molar-refractivity contribution in [2.24, 2.45) is 0 Å². The highest BCUT2D eigenvalue weighted by molar-refractivity contribution is 6.22. The number of hydrogen-bond donors (Lipinski definition) is 0. The molecule has 0 aromatic heterocycles. The van der Waals surface area contributed by atoms with Crippen molar-refractivity contribution in [1.29, 1.82) is 0 Å². The van der Waals surface area contributed by atoms with Crippen LogP contribution in [0.4, 0.5) is 17.1 Å². The summed E-state index contributed by atoms with van der Waals surface area (Å²) in [4.78, 5) is 2.48. The zero-order chi connectivity index (χ0) is 47.6. The molecule has 0 fully saturated rings. The Labute approximate surface area is 420 Å². The van der Waals surface area contributed by atoms with Crippen molar-refractivity contribution in [2.45, 2.75) is 5.41 Å². The Morgan fingerprint density at radius 1 is 0.250 bits per heavy atom. The first-order valence-corrected chi connectivity index (χ1v) is 25.0. The van der Waals surface area contributed by atoms with E-state index in [9.17, 15) is 0 Å². The van der Waals surface area contributed by atoms with Crippen LogP contribution in [0, 0.1) is 0 Å². The zero-order valence-corrected chi connectivity index (χ0v) is 39.6. The first-order valence-electron chi connectivity index (χ1n) is 25.0. The Kier molecular flexibility index (Phi) is 9.82. The van der Waals surface area contributed by atoms with E-state index in [1.807, 2.05) is 0 Å². The van der Waals surface area contributed by atoms with Gasteiger partial charge in [-0.1, -0.05) is 249 Å². The normalized spacial score (nSPS) is 12.6. The quantitative estimate of drug-likeness (QED) is 0.137. The lowest BCUT2D eigenvalue weighted by molar-refractivity contribution is 0.768. The smallest absolute Gasteiger partial charge is 0.0713 e. The maximum absolute atomic E-state index is 2.48. The minimum absolute atomic E-state index is 0.483. The minimum Gasteiger partial charge on any atom is -0.310 e. The van der Waals surface area contributed by atoms with E-state index in [4.69, 9.17) is 0 Å². The molecule has 72 heavy (non-hydrogen) atoms. The topological polar surface area (TPSA) is 3.24 Å². The Hall–Kier alpha value is -9.30. The lowest BCUT2D eigenvalue weighted by atomic mass is 9.68. The van der Waals surface area contributed by atoms with Crippen molar-refractivity contribution in [1.82, 2.24) is 0 Å². The van der Waals surface area contributed by atoms with Crippen LogP contribution in [0.25, 0.3) is 87.6 Å². The van der Waals surface area contributed by atoms with Crippen molar-refractivity contribution in [3.05, 3.63) is 307 Å². The second-order valence-electron chi connectivity index (χ2n) is 19.1. The van der Waals surface area contributed by atoms with Crippen LogP contribution in [-0.2, 0) is 5.41 Å². The predicted molar refractivity (Wildman–Crippen MR) is 305 cm³/mol. The van der Waals surface area contributed by atoms with E-state index in [-0.39, 0.29) is 0 Å². The summed E-state index contributed by atoms with van der Waals surface area (Å²) in [5.41, 5.74) is 17.7. The molecule has 1 aliphatic carbocycles. The van der Waals surface area contributed by atoms with Crippen molar-refractivity contribution in [3.8, 4) is 44.5 Å². The van der Waals surface area contributed by atoms with Crippen LogP contribution < -0.4 is 4.90 Å². The fraction of sp³-hybridized carbons (Fsp3) is 0.0141. The molecule has 0 atom stereocenters. The lowest BCUT2D eigenvalue weighted by Gasteiger charge is -2.34. The van der Waals surface area contributed by atoms with Gasteiger partial charge in [0.15, 0.2) is 0 Å². The van der Waals surface area contributed by atoms with Crippen LogP contribution in [0.15, 0.2) is 285 Å². The lowest BCUT2D eigenvalue weighted by Crippen LogP contribution is -2.28. The third kappa shape index (κ3) is 6.48. The van der Waals surface area contributed by atoms with E-state index in [2.05, 4.69) is 290 Å². The summed E-state index contributed by atoms with van der Waals surface area (Å²) in [6, 6.07) is 105. The van der Waals surface area contributed by atoms with E-state index >= 15 is 0 Å². The number of benzene rings is 13. The number of nitrogens with zero attached hydrogens (tertiary/aromatic N) is 1. The van der Waals surface area contributed by atoms with Gasteiger partial charge in [0.05, 0.1) is 11.1 Å². The summed E-state index contributed by atoms with van der Waals surface area (Å²) in [6.45, 7) is 0. The first-order chi connectivity index (χ1) is 35.7. The molecule has 0 amide bonds. The molecule has 0 saturated carbocycles. The van der Waals surface area contributed by atoms with Gasteiger partial charge in [0, 0.05) is 16.8 Å². The van der Waals surface area contributed by atoms with E-state index in [1.54, 1.807) is 0 Å². The van der Waals surface area contributed by atoms with Gasteiger partial charge in [-0.15, -0.1) is 0 Å². The third-order valence-corrected chi connectivity index (χ3v) is 15.3. The Morgan fingerprint density at radius 2 is 0.722 bits per heavy atom. The van der Waals surface area contributed by atoms with E-state index < -0.39 is 5.41 Å². The number of anilines is 3. The molecule has 14 rings (SSSR count). The molecule has 0 aliphatic heterocycles. The molecule has 0 heterocycles. The van der Waals surface area contributed by atoms with Crippen LogP contribution in [-0.4, -0.2) is 0 Å². The molecule has 336 valence electrons. The summed E-state index contributed by atoms with van der Waals surface area (Å²) >= 11 is 0. The molecule has 1 nitrogen and oxygen atoms in total. The van der Waals surface area contributed by atoms with Gasteiger partial charge in [-0.05, 0) is 141 Å².